The van der Waals surface area contributed by atoms with Crippen LogP contribution in [0.3, 0.4) is 0 Å². The standard InChI is InChI=1S/C14H21N3O2/c1-19-14-12(5-3-8-17-14)13(18)16-9-6-11-4-2-7-15-10-11/h3,5,8,11,15H,2,4,6-7,9-10H2,1H3,(H,16,18). The van der Waals surface area contributed by atoms with Crippen molar-refractivity contribution >= 4 is 5.91 Å². The SMILES string of the molecule is COc1ncccc1C(=O)NCCC1CCCNC1. The molecule has 1 atom stereocenters. The van der Waals surface area contributed by atoms with Crippen molar-refractivity contribution in [2.24, 2.45) is 5.92 Å². The first kappa shape index (κ1) is 13.8. The number of carbonyl (C=O) groups excluding carboxylic acids is 1. The normalized spacial score (nSPS) is 18.9. The summed E-state index contributed by atoms with van der Waals surface area (Å²) in [4.78, 5) is 16.0. The van der Waals surface area contributed by atoms with Crippen LogP contribution >= 0.6 is 0 Å². The quantitative estimate of drug-likeness (QED) is 0.838. The Balaban J connectivity index is 1.80. The van der Waals surface area contributed by atoms with Crippen LogP contribution in [0, 0.1) is 5.92 Å². The van der Waals surface area contributed by atoms with Gasteiger partial charge >= 0.3 is 0 Å². The van der Waals surface area contributed by atoms with Gasteiger partial charge in [-0.05, 0) is 50.4 Å². The monoisotopic (exact) mass is 263 g/mol. The zero-order valence-corrected chi connectivity index (χ0v) is 11.3. The number of nitrogens with zero attached hydrogens (tertiary/aromatic N) is 1. The van der Waals surface area contributed by atoms with Crippen molar-refractivity contribution in [1.29, 1.82) is 0 Å². The lowest BCUT2D eigenvalue weighted by atomic mass is 9.96. The molecule has 0 aromatic carbocycles. The second-order valence-electron chi connectivity index (χ2n) is 4.82. The Hall–Kier alpha value is -1.62. The van der Waals surface area contributed by atoms with E-state index in [1.165, 1.54) is 20.0 Å². The summed E-state index contributed by atoms with van der Waals surface area (Å²) in [6, 6.07) is 3.46. The number of rotatable bonds is 5. The van der Waals surface area contributed by atoms with Gasteiger partial charge < -0.3 is 15.4 Å². The summed E-state index contributed by atoms with van der Waals surface area (Å²) in [5.41, 5.74) is 0.492. The van der Waals surface area contributed by atoms with Crippen LogP contribution < -0.4 is 15.4 Å². The van der Waals surface area contributed by atoms with Crippen molar-refractivity contribution < 1.29 is 9.53 Å². The van der Waals surface area contributed by atoms with Gasteiger partial charge in [-0.1, -0.05) is 0 Å². The average Bonchev–Trinajstić information content (AvgIpc) is 2.48. The van der Waals surface area contributed by atoms with E-state index in [-0.39, 0.29) is 5.91 Å². The molecule has 19 heavy (non-hydrogen) atoms. The number of aromatic nitrogens is 1. The third-order valence-electron chi connectivity index (χ3n) is 3.45. The lowest BCUT2D eigenvalue weighted by Gasteiger charge is -2.22. The molecule has 2 heterocycles. The fourth-order valence-corrected chi connectivity index (χ4v) is 2.38. The van der Waals surface area contributed by atoms with E-state index in [4.69, 9.17) is 4.74 Å². The van der Waals surface area contributed by atoms with Crippen LogP contribution in [0.2, 0.25) is 0 Å². The predicted octanol–water partition coefficient (Wildman–Crippen LogP) is 1.21. The molecule has 5 heteroatoms. The van der Waals surface area contributed by atoms with Crippen molar-refractivity contribution in [2.75, 3.05) is 26.7 Å². The zero-order valence-electron chi connectivity index (χ0n) is 11.3. The Morgan fingerprint density at radius 1 is 1.63 bits per heavy atom. The smallest absolute Gasteiger partial charge is 0.256 e. The Morgan fingerprint density at radius 3 is 3.26 bits per heavy atom. The van der Waals surface area contributed by atoms with Gasteiger partial charge in [0.25, 0.3) is 5.91 Å². The maximum atomic E-state index is 12.0. The molecule has 0 spiro atoms. The molecule has 1 unspecified atom stereocenters. The number of methoxy groups -OCH3 is 1. The average molecular weight is 263 g/mol. The van der Waals surface area contributed by atoms with Gasteiger partial charge in [0.2, 0.25) is 5.88 Å². The van der Waals surface area contributed by atoms with Crippen molar-refractivity contribution in [2.45, 2.75) is 19.3 Å². The summed E-state index contributed by atoms with van der Waals surface area (Å²) in [7, 11) is 1.52. The van der Waals surface area contributed by atoms with Gasteiger partial charge in [0.1, 0.15) is 5.56 Å². The van der Waals surface area contributed by atoms with Gasteiger partial charge in [-0.2, -0.15) is 0 Å². The highest BCUT2D eigenvalue weighted by atomic mass is 16.5. The Labute approximate surface area is 113 Å². The number of hydrogen-bond donors (Lipinski definition) is 2. The summed E-state index contributed by atoms with van der Waals surface area (Å²) in [6.07, 6.45) is 5.11. The van der Waals surface area contributed by atoms with Crippen molar-refractivity contribution in [3.63, 3.8) is 0 Å². The second-order valence-corrected chi connectivity index (χ2v) is 4.82. The van der Waals surface area contributed by atoms with E-state index in [1.54, 1.807) is 18.3 Å². The van der Waals surface area contributed by atoms with E-state index in [2.05, 4.69) is 15.6 Å². The van der Waals surface area contributed by atoms with Gasteiger partial charge in [0, 0.05) is 12.7 Å². The second kappa shape index (κ2) is 7.09. The highest BCUT2D eigenvalue weighted by Gasteiger charge is 2.15. The van der Waals surface area contributed by atoms with E-state index >= 15 is 0 Å². The summed E-state index contributed by atoms with van der Waals surface area (Å²) >= 11 is 0. The summed E-state index contributed by atoms with van der Waals surface area (Å²) in [5.74, 6) is 0.929. The molecule has 1 saturated heterocycles. The third kappa shape index (κ3) is 3.92. The van der Waals surface area contributed by atoms with E-state index in [0.29, 0.717) is 23.9 Å². The molecule has 1 aliphatic rings. The van der Waals surface area contributed by atoms with E-state index in [9.17, 15) is 4.79 Å². The highest BCUT2D eigenvalue weighted by molar-refractivity contribution is 5.96. The van der Waals surface area contributed by atoms with Gasteiger partial charge in [0.05, 0.1) is 7.11 Å². The maximum absolute atomic E-state index is 12.0. The van der Waals surface area contributed by atoms with Crippen molar-refractivity contribution in [1.82, 2.24) is 15.6 Å². The maximum Gasteiger partial charge on any atom is 0.256 e. The van der Waals surface area contributed by atoms with Gasteiger partial charge in [-0.15, -0.1) is 0 Å². The molecule has 0 aliphatic carbocycles. The molecule has 1 aromatic rings. The zero-order chi connectivity index (χ0) is 13.5. The van der Waals surface area contributed by atoms with Gasteiger partial charge in [-0.3, -0.25) is 4.79 Å². The number of piperidine rings is 1. The van der Waals surface area contributed by atoms with Gasteiger partial charge in [-0.25, -0.2) is 4.98 Å². The van der Waals surface area contributed by atoms with Crippen LogP contribution in [0.25, 0.3) is 0 Å². The topological polar surface area (TPSA) is 63.2 Å². The fraction of sp³-hybridized carbons (Fsp3) is 0.571. The Kier molecular flexibility index (Phi) is 5.15. The number of hydrogen-bond acceptors (Lipinski definition) is 4. The first-order valence-corrected chi connectivity index (χ1v) is 6.79. The third-order valence-corrected chi connectivity index (χ3v) is 3.45. The molecule has 0 saturated carbocycles. The molecule has 1 amide bonds. The van der Waals surface area contributed by atoms with E-state index < -0.39 is 0 Å². The number of pyridine rings is 1. The van der Waals surface area contributed by atoms with Crippen LogP contribution in [0.15, 0.2) is 18.3 Å². The minimum Gasteiger partial charge on any atom is -0.480 e. The molecule has 0 bridgehead atoms. The molecule has 104 valence electrons. The molecule has 0 radical (unpaired) electrons. The minimum atomic E-state index is -0.117. The molecule has 2 rings (SSSR count). The largest absolute Gasteiger partial charge is 0.480 e. The molecular formula is C14H21N3O2. The predicted molar refractivity (Wildman–Crippen MR) is 73.3 cm³/mol. The van der Waals surface area contributed by atoms with E-state index in [0.717, 1.165) is 19.5 Å². The van der Waals surface area contributed by atoms with Crippen LogP contribution in [0.5, 0.6) is 5.88 Å². The Morgan fingerprint density at radius 2 is 2.53 bits per heavy atom. The molecular weight excluding hydrogens is 242 g/mol. The first-order chi connectivity index (χ1) is 9.31. The van der Waals surface area contributed by atoms with Crippen LogP contribution in [0.4, 0.5) is 0 Å². The highest BCUT2D eigenvalue weighted by Crippen LogP contribution is 2.15. The van der Waals surface area contributed by atoms with Crippen molar-refractivity contribution in [3.05, 3.63) is 23.9 Å². The van der Waals surface area contributed by atoms with Crippen LogP contribution in [0.1, 0.15) is 29.6 Å². The fourth-order valence-electron chi connectivity index (χ4n) is 2.38. The summed E-state index contributed by atoms with van der Waals surface area (Å²) in [6.45, 7) is 2.88. The molecule has 1 aromatic heterocycles. The summed E-state index contributed by atoms with van der Waals surface area (Å²) in [5, 5.41) is 6.31. The minimum absolute atomic E-state index is 0.117. The first-order valence-electron chi connectivity index (χ1n) is 6.79. The lowest BCUT2D eigenvalue weighted by molar-refractivity contribution is 0.0947. The lowest BCUT2D eigenvalue weighted by Crippen LogP contribution is -2.33. The van der Waals surface area contributed by atoms with Crippen LogP contribution in [-0.4, -0.2) is 37.6 Å². The number of ether oxygens (including phenoxy) is 1. The van der Waals surface area contributed by atoms with Gasteiger partial charge in [0.15, 0.2) is 0 Å². The Bertz CT molecular complexity index is 417. The van der Waals surface area contributed by atoms with Crippen LogP contribution in [-0.2, 0) is 0 Å². The van der Waals surface area contributed by atoms with E-state index in [1.807, 2.05) is 0 Å². The summed E-state index contributed by atoms with van der Waals surface area (Å²) < 4.78 is 5.08. The number of amides is 1. The van der Waals surface area contributed by atoms with Crippen molar-refractivity contribution in [3.8, 4) is 5.88 Å². The number of carbonyl (C=O) groups is 1. The number of nitrogens with one attached hydrogen (secondary N) is 2. The molecule has 2 N–H and O–H groups in total. The molecule has 1 aliphatic heterocycles. The molecule has 1 fully saturated rings. The molecule has 5 nitrogen and oxygen atoms in total.